The number of carbonyl (C=O) groups is 1. The Balaban J connectivity index is 1.63. The van der Waals surface area contributed by atoms with E-state index in [0.29, 0.717) is 35.7 Å². The summed E-state index contributed by atoms with van der Waals surface area (Å²) in [4.78, 5) is 12.7. The average molecular weight is 441 g/mol. The maximum absolute atomic E-state index is 12.6. The van der Waals surface area contributed by atoms with Gasteiger partial charge in [0, 0.05) is 18.3 Å². The number of hydrogen-bond donors (Lipinski definition) is 2. The molecule has 0 fully saturated rings. The van der Waals surface area contributed by atoms with Crippen LogP contribution in [0.25, 0.3) is 0 Å². The zero-order chi connectivity index (χ0) is 22.3. The van der Waals surface area contributed by atoms with Crippen LogP contribution in [-0.4, -0.2) is 35.1 Å². The van der Waals surface area contributed by atoms with E-state index < -0.39 is 10.0 Å². The monoisotopic (exact) mass is 440 g/mol. The molecule has 0 atom stereocenters. The quantitative estimate of drug-likeness (QED) is 0.531. The summed E-state index contributed by atoms with van der Waals surface area (Å²) < 4.78 is 38.0. The fourth-order valence-electron chi connectivity index (χ4n) is 2.96. The largest absolute Gasteiger partial charge is 0.497 e. The van der Waals surface area contributed by atoms with Gasteiger partial charge < -0.3 is 14.8 Å². The molecule has 3 aromatic rings. The Morgan fingerprint density at radius 2 is 1.61 bits per heavy atom. The molecule has 7 nitrogen and oxygen atoms in total. The maximum atomic E-state index is 12.6. The third kappa shape index (κ3) is 5.84. The summed E-state index contributed by atoms with van der Waals surface area (Å²) in [7, 11) is -0.646. The Bertz CT molecular complexity index is 1130. The molecule has 0 unspecified atom stereocenters. The highest BCUT2D eigenvalue weighted by Gasteiger charge is 2.16. The summed E-state index contributed by atoms with van der Waals surface area (Å²) in [5.41, 5.74) is 1.85. The van der Waals surface area contributed by atoms with Crippen LogP contribution in [0.3, 0.4) is 0 Å². The predicted molar refractivity (Wildman–Crippen MR) is 119 cm³/mol. The van der Waals surface area contributed by atoms with Gasteiger partial charge in [0.2, 0.25) is 10.0 Å². The molecular weight excluding hydrogens is 416 g/mol. The van der Waals surface area contributed by atoms with Gasteiger partial charge in [-0.15, -0.1) is 0 Å². The summed E-state index contributed by atoms with van der Waals surface area (Å²) in [6.45, 7) is 0.294. The molecule has 0 radical (unpaired) electrons. The van der Waals surface area contributed by atoms with Crippen LogP contribution < -0.4 is 19.5 Å². The van der Waals surface area contributed by atoms with Crippen LogP contribution in [0.2, 0.25) is 0 Å². The summed E-state index contributed by atoms with van der Waals surface area (Å²) in [6, 6.07) is 20.5. The maximum Gasteiger partial charge on any atom is 0.259 e. The van der Waals surface area contributed by atoms with Crippen LogP contribution in [-0.2, 0) is 16.4 Å². The minimum absolute atomic E-state index is 0.126. The smallest absolute Gasteiger partial charge is 0.259 e. The first-order valence-electron chi connectivity index (χ1n) is 9.60. The molecule has 31 heavy (non-hydrogen) atoms. The van der Waals surface area contributed by atoms with Gasteiger partial charge >= 0.3 is 0 Å². The van der Waals surface area contributed by atoms with E-state index in [2.05, 4.69) is 10.0 Å². The van der Waals surface area contributed by atoms with Gasteiger partial charge in [0.15, 0.2) is 0 Å². The standard InChI is InChI=1S/C23H24N2O5S/c1-29-19-10-13-21(22(16-19)30-2)23(26)25-18-8-11-20(12-9-18)31(27,28)24-15-14-17-6-4-3-5-7-17/h3-13,16,24H,14-15H2,1-2H3,(H,25,26). The lowest BCUT2D eigenvalue weighted by atomic mass is 10.1. The van der Waals surface area contributed by atoms with E-state index in [-0.39, 0.29) is 10.8 Å². The molecule has 8 heteroatoms. The number of anilines is 1. The highest BCUT2D eigenvalue weighted by Crippen LogP contribution is 2.25. The number of rotatable bonds is 9. The number of benzene rings is 3. The number of nitrogens with one attached hydrogen (secondary N) is 2. The molecule has 3 rings (SSSR count). The first-order valence-corrected chi connectivity index (χ1v) is 11.1. The summed E-state index contributed by atoms with van der Waals surface area (Å²) in [5, 5.41) is 2.74. The molecular formula is C23H24N2O5S. The summed E-state index contributed by atoms with van der Waals surface area (Å²) in [6.07, 6.45) is 0.595. The van der Waals surface area contributed by atoms with Gasteiger partial charge in [-0.1, -0.05) is 30.3 Å². The molecule has 2 N–H and O–H groups in total. The Hall–Kier alpha value is -3.36. The lowest BCUT2D eigenvalue weighted by Gasteiger charge is -2.11. The van der Waals surface area contributed by atoms with Crippen LogP contribution in [0.1, 0.15) is 15.9 Å². The Labute approximate surface area is 182 Å². The van der Waals surface area contributed by atoms with Crippen molar-refractivity contribution >= 4 is 21.6 Å². The molecule has 0 aliphatic heterocycles. The first kappa shape index (κ1) is 22.3. The molecule has 0 aliphatic rings. The zero-order valence-electron chi connectivity index (χ0n) is 17.3. The highest BCUT2D eigenvalue weighted by molar-refractivity contribution is 7.89. The topological polar surface area (TPSA) is 93.7 Å². The van der Waals surface area contributed by atoms with Crippen LogP contribution in [0.5, 0.6) is 11.5 Å². The summed E-state index contributed by atoms with van der Waals surface area (Å²) in [5.74, 6) is 0.567. The van der Waals surface area contributed by atoms with Gasteiger partial charge in [-0.05, 0) is 48.4 Å². The van der Waals surface area contributed by atoms with Crippen molar-refractivity contribution < 1.29 is 22.7 Å². The second-order valence-electron chi connectivity index (χ2n) is 6.68. The van der Waals surface area contributed by atoms with Gasteiger partial charge in [-0.25, -0.2) is 13.1 Å². The van der Waals surface area contributed by atoms with Crippen molar-refractivity contribution in [3.8, 4) is 11.5 Å². The van der Waals surface area contributed by atoms with Gasteiger partial charge in [-0.2, -0.15) is 0 Å². The van der Waals surface area contributed by atoms with Crippen molar-refractivity contribution in [3.05, 3.63) is 83.9 Å². The predicted octanol–water partition coefficient (Wildman–Crippen LogP) is 3.48. The van der Waals surface area contributed by atoms with E-state index in [1.54, 1.807) is 30.3 Å². The van der Waals surface area contributed by atoms with E-state index in [4.69, 9.17) is 9.47 Å². The second-order valence-corrected chi connectivity index (χ2v) is 8.45. The SMILES string of the molecule is COc1ccc(C(=O)Nc2ccc(S(=O)(=O)NCCc3ccccc3)cc2)c(OC)c1. The van der Waals surface area contributed by atoms with Gasteiger partial charge in [-0.3, -0.25) is 4.79 Å². The van der Waals surface area contributed by atoms with E-state index in [1.165, 1.54) is 26.4 Å². The number of carbonyl (C=O) groups excluding carboxylic acids is 1. The van der Waals surface area contributed by atoms with Gasteiger partial charge in [0.1, 0.15) is 11.5 Å². The highest BCUT2D eigenvalue weighted by atomic mass is 32.2. The number of hydrogen-bond acceptors (Lipinski definition) is 5. The van der Waals surface area contributed by atoms with Crippen molar-refractivity contribution in [1.29, 1.82) is 0 Å². The van der Waals surface area contributed by atoms with E-state index in [1.807, 2.05) is 30.3 Å². The molecule has 0 saturated carbocycles. The van der Waals surface area contributed by atoms with Crippen LogP contribution >= 0.6 is 0 Å². The van der Waals surface area contributed by atoms with Crippen molar-refractivity contribution in [2.75, 3.05) is 26.1 Å². The minimum atomic E-state index is -3.64. The molecule has 0 saturated heterocycles. The van der Waals surface area contributed by atoms with E-state index >= 15 is 0 Å². The third-order valence-corrected chi connectivity index (χ3v) is 6.10. The Morgan fingerprint density at radius 3 is 2.26 bits per heavy atom. The van der Waals surface area contributed by atoms with Crippen LogP contribution in [0.4, 0.5) is 5.69 Å². The Kier molecular flexibility index (Phi) is 7.28. The summed E-state index contributed by atoms with van der Waals surface area (Å²) >= 11 is 0. The lowest BCUT2D eigenvalue weighted by molar-refractivity contribution is 0.102. The van der Waals surface area contributed by atoms with Crippen LogP contribution in [0.15, 0.2) is 77.7 Å². The van der Waals surface area contributed by atoms with Gasteiger partial charge in [0.05, 0.1) is 24.7 Å². The molecule has 0 aliphatic carbocycles. The molecule has 0 bridgehead atoms. The van der Waals surface area contributed by atoms with E-state index in [9.17, 15) is 13.2 Å². The Morgan fingerprint density at radius 1 is 0.903 bits per heavy atom. The number of methoxy groups -OCH3 is 2. The molecule has 162 valence electrons. The first-order chi connectivity index (χ1) is 14.9. The van der Waals surface area contributed by atoms with Crippen LogP contribution in [0, 0.1) is 0 Å². The number of sulfonamides is 1. The van der Waals surface area contributed by atoms with Crippen molar-refractivity contribution in [1.82, 2.24) is 4.72 Å². The zero-order valence-corrected chi connectivity index (χ0v) is 18.1. The van der Waals surface area contributed by atoms with Gasteiger partial charge in [0.25, 0.3) is 5.91 Å². The molecule has 0 aromatic heterocycles. The molecule has 0 heterocycles. The fraction of sp³-hybridized carbons (Fsp3) is 0.174. The molecule has 3 aromatic carbocycles. The fourth-order valence-corrected chi connectivity index (χ4v) is 3.99. The molecule has 0 spiro atoms. The average Bonchev–Trinajstić information content (AvgIpc) is 2.79. The number of amides is 1. The van der Waals surface area contributed by atoms with Crippen molar-refractivity contribution in [3.63, 3.8) is 0 Å². The van der Waals surface area contributed by atoms with Crippen molar-refractivity contribution in [2.45, 2.75) is 11.3 Å². The van der Waals surface area contributed by atoms with Crippen molar-refractivity contribution in [2.24, 2.45) is 0 Å². The van der Waals surface area contributed by atoms with E-state index in [0.717, 1.165) is 5.56 Å². The number of ether oxygens (including phenoxy) is 2. The minimum Gasteiger partial charge on any atom is -0.497 e. The third-order valence-electron chi connectivity index (χ3n) is 4.62. The lowest BCUT2D eigenvalue weighted by Crippen LogP contribution is -2.26. The second kappa shape index (κ2) is 10.1. The normalized spacial score (nSPS) is 11.0. The molecule has 1 amide bonds.